The second-order valence-corrected chi connectivity index (χ2v) is 6.40. The Morgan fingerprint density at radius 2 is 1.74 bits per heavy atom. The van der Waals surface area contributed by atoms with Gasteiger partial charge >= 0.3 is 0 Å². The van der Waals surface area contributed by atoms with Crippen LogP contribution in [0.2, 0.25) is 0 Å². The molecule has 0 aliphatic heterocycles. The summed E-state index contributed by atoms with van der Waals surface area (Å²) >= 11 is 1.64. The number of rotatable bonds is 4. The quantitative estimate of drug-likeness (QED) is 0.668. The molecule has 0 spiro atoms. The lowest BCUT2D eigenvalue weighted by Gasteiger charge is -2.11. The van der Waals surface area contributed by atoms with E-state index >= 15 is 0 Å². The zero-order valence-electron chi connectivity index (χ0n) is 13.4. The first-order chi connectivity index (χ1) is 11.1. The molecule has 3 rings (SSSR count). The van der Waals surface area contributed by atoms with Gasteiger partial charge in [0.15, 0.2) is 0 Å². The standard InChI is InChI=1S/C18H18N4S/c1-13(21-15-4-6-16(7-5-15)22(2)3)17-12-20-18(23-17)14-8-10-19-11-9-14/h4-12H,1-3H3. The number of thiazole rings is 1. The van der Waals surface area contributed by atoms with E-state index in [0.717, 1.165) is 26.8 Å². The van der Waals surface area contributed by atoms with E-state index in [4.69, 9.17) is 4.99 Å². The van der Waals surface area contributed by atoms with Gasteiger partial charge in [-0.1, -0.05) is 0 Å². The largest absolute Gasteiger partial charge is 0.378 e. The predicted molar refractivity (Wildman–Crippen MR) is 98.0 cm³/mol. The highest BCUT2D eigenvalue weighted by molar-refractivity contribution is 7.17. The maximum atomic E-state index is 4.69. The second kappa shape index (κ2) is 6.71. The SMILES string of the molecule is CC(=Nc1ccc(N(C)C)cc1)c1cnc(-c2ccncc2)s1. The zero-order chi connectivity index (χ0) is 16.2. The van der Waals surface area contributed by atoms with Crippen LogP contribution >= 0.6 is 11.3 Å². The van der Waals surface area contributed by atoms with Gasteiger partial charge in [-0.2, -0.15) is 0 Å². The zero-order valence-corrected chi connectivity index (χ0v) is 14.2. The van der Waals surface area contributed by atoms with Crippen molar-refractivity contribution in [2.75, 3.05) is 19.0 Å². The minimum atomic E-state index is 0.951. The Labute approximate surface area is 140 Å². The van der Waals surface area contributed by atoms with E-state index in [2.05, 4.69) is 27.0 Å². The van der Waals surface area contributed by atoms with E-state index in [1.54, 1.807) is 23.7 Å². The van der Waals surface area contributed by atoms with Crippen LogP contribution in [0.5, 0.6) is 0 Å². The third kappa shape index (κ3) is 3.63. The highest BCUT2D eigenvalue weighted by Crippen LogP contribution is 2.26. The molecule has 5 heteroatoms. The van der Waals surface area contributed by atoms with Crippen LogP contribution in [-0.4, -0.2) is 29.8 Å². The van der Waals surface area contributed by atoms with E-state index in [-0.39, 0.29) is 0 Å². The number of benzene rings is 1. The maximum absolute atomic E-state index is 4.69. The summed E-state index contributed by atoms with van der Waals surface area (Å²) in [7, 11) is 4.06. The number of aromatic nitrogens is 2. The van der Waals surface area contributed by atoms with Crippen molar-refractivity contribution in [1.29, 1.82) is 0 Å². The second-order valence-electron chi connectivity index (χ2n) is 5.37. The minimum absolute atomic E-state index is 0.951. The molecule has 3 aromatic rings. The van der Waals surface area contributed by atoms with Gasteiger partial charge in [0.2, 0.25) is 0 Å². The molecule has 0 aliphatic rings. The summed E-state index contributed by atoms with van der Waals surface area (Å²) in [4.78, 5) is 16.4. The average molecular weight is 322 g/mol. The number of aliphatic imine (C=N–C) groups is 1. The van der Waals surface area contributed by atoms with Crippen molar-refractivity contribution < 1.29 is 0 Å². The van der Waals surface area contributed by atoms with Crippen molar-refractivity contribution in [1.82, 2.24) is 9.97 Å². The molecule has 2 aromatic heterocycles. The highest BCUT2D eigenvalue weighted by atomic mass is 32.1. The van der Waals surface area contributed by atoms with Gasteiger partial charge in [-0.3, -0.25) is 9.98 Å². The van der Waals surface area contributed by atoms with E-state index < -0.39 is 0 Å². The highest BCUT2D eigenvalue weighted by Gasteiger charge is 2.07. The normalized spacial score (nSPS) is 11.5. The van der Waals surface area contributed by atoms with Crippen LogP contribution in [0, 0.1) is 0 Å². The topological polar surface area (TPSA) is 41.4 Å². The van der Waals surface area contributed by atoms with Crippen molar-refractivity contribution in [2.24, 2.45) is 4.99 Å². The molecule has 0 saturated heterocycles. The van der Waals surface area contributed by atoms with E-state index in [9.17, 15) is 0 Å². The molecule has 0 unspecified atom stereocenters. The number of pyridine rings is 1. The molecule has 0 radical (unpaired) electrons. The van der Waals surface area contributed by atoms with Gasteiger partial charge in [-0.25, -0.2) is 4.98 Å². The molecule has 4 nitrogen and oxygen atoms in total. The van der Waals surface area contributed by atoms with Crippen molar-refractivity contribution in [3.63, 3.8) is 0 Å². The van der Waals surface area contributed by atoms with Crippen LogP contribution in [0.1, 0.15) is 11.8 Å². The summed E-state index contributed by atoms with van der Waals surface area (Å²) in [5.74, 6) is 0. The van der Waals surface area contributed by atoms with Gasteiger partial charge in [-0.15, -0.1) is 11.3 Å². The lowest BCUT2D eigenvalue weighted by molar-refractivity contribution is 1.13. The molecule has 0 fully saturated rings. The summed E-state index contributed by atoms with van der Waals surface area (Å²) in [6, 6.07) is 12.1. The lowest BCUT2D eigenvalue weighted by atomic mass is 10.2. The molecule has 0 amide bonds. The molecule has 0 saturated carbocycles. The summed E-state index contributed by atoms with van der Waals surface area (Å²) in [6.45, 7) is 2.02. The summed E-state index contributed by atoms with van der Waals surface area (Å²) in [5.41, 5.74) is 4.17. The van der Waals surface area contributed by atoms with Crippen molar-refractivity contribution in [3.05, 3.63) is 59.9 Å². The average Bonchev–Trinajstić information content (AvgIpc) is 3.06. The van der Waals surface area contributed by atoms with Crippen LogP contribution in [0.25, 0.3) is 10.6 Å². The Balaban J connectivity index is 1.83. The fraction of sp³-hybridized carbons (Fsp3) is 0.167. The van der Waals surface area contributed by atoms with Crippen molar-refractivity contribution in [3.8, 4) is 10.6 Å². The summed E-state index contributed by atoms with van der Waals surface area (Å²) in [6.07, 6.45) is 5.45. The molecule has 0 atom stereocenters. The van der Waals surface area contributed by atoms with E-state index in [0.29, 0.717) is 0 Å². The number of hydrogen-bond acceptors (Lipinski definition) is 5. The Hall–Kier alpha value is -2.53. The summed E-state index contributed by atoms with van der Waals surface area (Å²) < 4.78 is 0. The first kappa shape index (κ1) is 15.4. The summed E-state index contributed by atoms with van der Waals surface area (Å²) in [5, 5.41) is 0.986. The molecule has 116 valence electrons. The Morgan fingerprint density at radius 3 is 2.39 bits per heavy atom. The van der Waals surface area contributed by atoms with Gasteiger partial charge in [0.25, 0.3) is 0 Å². The number of anilines is 1. The van der Waals surface area contributed by atoms with Crippen LogP contribution in [0.4, 0.5) is 11.4 Å². The van der Waals surface area contributed by atoms with Crippen molar-refractivity contribution >= 4 is 28.4 Å². The minimum Gasteiger partial charge on any atom is -0.378 e. The van der Waals surface area contributed by atoms with Gasteiger partial charge in [0.05, 0.1) is 16.3 Å². The number of nitrogens with zero attached hydrogens (tertiary/aromatic N) is 4. The van der Waals surface area contributed by atoms with Crippen LogP contribution < -0.4 is 4.90 Å². The third-order valence-electron chi connectivity index (χ3n) is 3.45. The van der Waals surface area contributed by atoms with E-state index in [1.165, 1.54) is 5.69 Å². The monoisotopic (exact) mass is 322 g/mol. The predicted octanol–water partition coefficient (Wildman–Crippen LogP) is 4.41. The lowest BCUT2D eigenvalue weighted by Crippen LogP contribution is -2.07. The maximum Gasteiger partial charge on any atom is 0.124 e. The smallest absolute Gasteiger partial charge is 0.124 e. The first-order valence-corrected chi connectivity index (χ1v) is 8.14. The van der Waals surface area contributed by atoms with Gasteiger partial charge < -0.3 is 4.90 Å². The molecule has 2 heterocycles. The molecule has 0 bridgehead atoms. The molecule has 23 heavy (non-hydrogen) atoms. The van der Waals surface area contributed by atoms with Crippen molar-refractivity contribution in [2.45, 2.75) is 6.92 Å². The number of hydrogen-bond donors (Lipinski definition) is 0. The Morgan fingerprint density at radius 1 is 1.04 bits per heavy atom. The van der Waals surface area contributed by atoms with Crippen LogP contribution in [0.3, 0.4) is 0 Å². The van der Waals surface area contributed by atoms with Gasteiger partial charge in [0, 0.05) is 43.9 Å². The Kier molecular flexibility index (Phi) is 4.48. The van der Waals surface area contributed by atoms with Gasteiger partial charge in [-0.05, 0) is 43.3 Å². The van der Waals surface area contributed by atoms with Crippen LogP contribution in [-0.2, 0) is 0 Å². The molecule has 1 aromatic carbocycles. The van der Waals surface area contributed by atoms with Gasteiger partial charge in [0.1, 0.15) is 5.01 Å². The first-order valence-electron chi connectivity index (χ1n) is 7.33. The Bertz CT molecular complexity index is 805. The molecular weight excluding hydrogens is 304 g/mol. The fourth-order valence-electron chi connectivity index (χ4n) is 2.14. The van der Waals surface area contributed by atoms with Crippen LogP contribution in [0.15, 0.2) is 60.0 Å². The van der Waals surface area contributed by atoms with E-state index in [1.807, 2.05) is 51.5 Å². The molecular formula is C18H18N4S. The third-order valence-corrected chi connectivity index (χ3v) is 4.61. The molecule has 0 N–H and O–H groups in total. The fourth-order valence-corrected chi connectivity index (χ4v) is 3.01. The molecule has 0 aliphatic carbocycles.